The highest BCUT2D eigenvalue weighted by atomic mass is 16.1. The summed E-state index contributed by atoms with van der Waals surface area (Å²) in [5, 5.41) is 3.54. The number of carbonyl (C=O) groups is 1. The Kier molecular flexibility index (Phi) is 7.58. The lowest BCUT2D eigenvalue weighted by atomic mass is 9.60. The molecule has 2 nitrogen and oxygen atoms in total. The molecule has 0 spiro atoms. The number of aldehydes is 1. The third-order valence-electron chi connectivity index (χ3n) is 6.89. The van der Waals surface area contributed by atoms with Crippen LogP contribution in [0.2, 0.25) is 0 Å². The molecule has 0 heterocycles. The molecular formula is C20H39NO. The maximum absolute atomic E-state index is 11.8. The molecule has 1 rings (SSSR count). The fourth-order valence-electron chi connectivity index (χ4n) is 4.14. The molecule has 0 aromatic heterocycles. The van der Waals surface area contributed by atoms with E-state index in [2.05, 4.69) is 40.1 Å². The highest BCUT2D eigenvalue weighted by Crippen LogP contribution is 2.48. The van der Waals surface area contributed by atoms with Crippen molar-refractivity contribution in [2.45, 2.75) is 104 Å². The lowest BCUT2D eigenvalue weighted by molar-refractivity contribution is -0.123. The van der Waals surface area contributed by atoms with Crippen LogP contribution in [0.4, 0.5) is 0 Å². The van der Waals surface area contributed by atoms with Gasteiger partial charge in [-0.25, -0.2) is 0 Å². The van der Waals surface area contributed by atoms with Crippen LogP contribution in [0, 0.1) is 10.8 Å². The van der Waals surface area contributed by atoms with Crippen LogP contribution in [-0.4, -0.2) is 18.9 Å². The van der Waals surface area contributed by atoms with Crippen LogP contribution in [0.3, 0.4) is 0 Å². The van der Waals surface area contributed by atoms with Gasteiger partial charge in [0.15, 0.2) is 0 Å². The first-order valence-corrected chi connectivity index (χ1v) is 9.50. The number of hydrogen-bond donors (Lipinski definition) is 1. The summed E-state index contributed by atoms with van der Waals surface area (Å²) in [5.74, 6) is 0. The van der Waals surface area contributed by atoms with Crippen molar-refractivity contribution in [3.05, 3.63) is 0 Å². The Morgan fingerprint density at radius 1 is 0.955 bits per heavy atom. The Bertz CT molecular complexity index is 325. The molecular weight excluding hydrogens is 270 g/mol. The van der Waals surface area contributed by atoms with E-state index < -0.39 is 0 Å². The van der Waals surface area contributed by atoms with Crippen LogP contribution in [-0.2, 0) is 4.79 Å². The van der Waals surface area contributed by atoms with E-state index in [9.17, 15) is 4.79 Å². The van der Waals surface area contributed by atoms with Gasteiger partial charge in [0.25, 0.3) is 0 Å². The average molecular weight is 310 g/mol. The molecule has 1 aliphatic carbocycles. The second kappa shape index (κ2) is 8.47. The van der Waals surface area contributed by atoms with Crippen molar-refractivity contribution in [2.24, 2.45) is 10.8 Å². The predicted molar refractivity (Wildman–Crippen MR) is 96.2 cm³/mol. The molecule has 1 atom stereocenters. The summed E-state index contributed by atoms with van der Waals surface area (Å²) in [4.78, 5) is 11.8. The van der Waals surface area contributed by atoms with Gasteiger partial charge in [0.2, 0.25) is 0 Å². The topological polar surface area (TPSA) is 29.1 Å². The summed E-state index contributed by atoms with van der Waals surface area (Å²) in [6, 6.07) is 0. The van der Waals surface area contributed by atoms with Crippen LogP contribution in [0.1, 0.15) is 98.3 Å². The van der Waals surface area contributed by atoms with Crippen molar-refractivity contribution in [3.63, 3.8) is 0 Å². The molecule has 0 bridgehead atoms. The van der Waals surface area contributed by atoms with Crippen LogP contribution in [0.5, 0.6) is 0 Å². The first-order chi connectivity index (χ1) is 10.3. The normalized spacial score (nSPS) is 35.0. The van der Waals surface area contributed by atoms with Crippen molar-refractivity contribution < 1.29 is 4.79 Å². The van der Waals surface area contributed by atoms with Gasteiger partial charge < -0.3 is 10.1 Å². The van der Waals surface area contributed by atoms with Gasteiger partial charge in [-0.05, 0) is 51.5 Å². The average Bonchev–Trinajstić information content (AvgIpc) is 2.52. The van der Waals surface area contributed by atoms with Crippen molar-refractivity contribution in [1.82, 2.24) is 5.32 Å². The lowest BCUT2D eigenvalue weighted by Gasteiger charge is -2.44. The van der Waals surface area contributed by atoms with E-state index >= 15 is 0 Å². The minimum Gasteiger partial charge on any atom is -0.315 e. The summed E-state index contributed by atoms with van der Waals surface area (Å²) in [6.45, 7) is 9.11. The van der Waals surface area contributed by atoms with Crippen LogP contribution in [0.15, 0.2) is 0 Å². The van der Waals surface area contributed by atoms with Crippen LogP contribution >= 0.6 is 0 Å². The van der Waals surface area contributed by atoms with E-state index in [-0.39, 0.29) is 10.8 Å². The summed E-state index contributed by atoms with van der Waals surface area (Å²) in [7, 11) is 2.11. The van der Waals surface area contributed by atoms with E-state index in [1.807, 2.05) is 0 Å². The molecule has 1 aliphatic rings. The van der Waals surface area contributed by atoms with Crippen molar-refractivity contribution in [3.8, 4) is 0 Å². The Balaban J connectivity index is 2.74. The smallest absolute Gasteiger partial charge is 0.126 e. The second-order valence-electron chi connectivity index (χ2n) is 8.38. The van der Waals surface area contributed by atoms with E-state index in [0.29, 0.717) is 5.54 Å². The summed E-state index contributed by atoms with van der Waals surface area (Å²) in [6.07, 6.45) is 14.9. The maximum Gasteiger partial charge on any atom is 0.126 e. The van der Waals surface area contributed by atoms with E-state index in [0.717, 1.165) is 6.42 Å². The molecule has 0 radical (unpaired) electrons. The fourth-order valence-corrected chi connectivity index (χ4v) is 4.14. The van der Waals surface area contributed by atoms with Crippen molar-refractivity contribution in [2.75, 3.05) is 7.05 Å². The van der Waals surface area contributed by atoms with Gasteiger partial charge in [0.1, 0.15) is 6.29 Å². The van der Waals surface area contributed by atoms with Gasteiger partial charge >= 0.3 is 0 Å². The van der Waals surface area contributed by atoms with Gasteiger partial charge in [0.05, 0.1) is 0 Å². The SMILES string of the molecule is CCC(C)(C=O)C1(C)CCCCCC(C)(NC)CCCCC1. The molecule has 0 aliphatic heterocycles. The molecule has 0 aromatic carbocycles. The minimum atomic E-state index is -0.156. The first kappa shape index (κ1) is 19.7. The van der Waals surface area contributed by atoms with E-state index in [4.69, 9.17) is 0 Å². The van der Waals surface area contributed by atoms with Gasteiger partial charge in [-0.15, -0.1) is 0 Å². The molecule has 2 heteroatoms. The highest BCUT2D eigenvalue weighted by Gasteiger charge is 2.42. The maximum atomic E-state index is 11.8. The Morgan fingerprint density at radius 3 is 1.77 bits per heavy atom. The monoisotopic (exact) mass is 309 g/mol. The van der Waals surface area contributed by atoms with Gasteiger partial charge in [0, 0.05) is 11.0 Å². The predicted octanol–water partition coefficient (Wildman–Crippen LogP) is 5.50. The largest absolute Gasteiger partial charge is 0.315 e. The zero-order chi connectivity index (χ0) is 16.7. The molecule has 1 N–H and O–H groups in total. The molecule has 1 fully saturated rings. The molecule has 0 aromatic rings. The summed E-state index contributed by atoms with van der Waals surface area (Å²) < 4.78 is 0. The lowest BCUT2D eigenvalue weighted by Crippen LogP contribution is -2.40. The van der Waals surface area contributed by atoms with Gasteiger partial charge in [-0.1, -0.05) is 59.3 Å². The van der Waals surface area contributed by atoms with Crippen LogP contribution in [0.25, 0.3) is 0 Å². The third kappa shape index (κ3) is 4.81. The highest BCUT2D eigenvalue weighted by molar-refractivity contribution is 5.60. The molecule has 0 saturated heterocycles. The number of hydrogen-bond acceptors (Lipinski definition) is 2. The standard InChI is InChI=1S/C20H39NO/c1-6-18(2,17-22)19(3)13-9-7-11-15-20(4,21-5)16-12-8-10-14-19/h17,21H,6-16H2,1-5H3. The zero-order valence-corrected chi connectivity index (χ0v) is 15.8. The molecule has 130 valence electrons. The first-order valence-electron chi connectivity index (χ1n) is 9.50. The number of rotatable bonds is 4. The Hall–Kier alpha value is -0.370. The third-order valence-corrected chi connectivity index (χ3v) is 6.89. The summed E-state index contributed by atoms with van der Waals surface area (Å²) in [5.41, 5.74) is 0.342. The van der Waals surface area contributed by atoms with Crippen molar-refractivity contribution in [1.29, 1.82) is 0 Å². The number of carbonyl (C=O) groups excluding carboxylic acids is 1. The Labute approximate surface area is 138 Å². The van der Waals surface area contributed by atoms with E-state index in [1.54, 1.807) is 0 Å². The quantitative estimate of drug-likeness (QED) is 0.695. The molecule has 22 heavy (non-hydrogen) atoms. The molecule has 1 saturated carbocycles. The summed E-state index contributed by atoms with van der Waals surface area (Å²) >= 11 is 0. The van der Waals surface area contributed by atoms with Gasteiger partial charge in [-0.3, -0.25) is 0 Å². The van der Waals surface area contributed by atoms with E-state index in [1.165, 1.54) is 70.5 Å². The Morgan fingerprint density at radius 2 is 1.41 bits per heavy atom. The van der Waals surface area contributed by atoms with Crippen LogP contribution < -0.4 is 5.32 Å². The second-order valence-corrected chi connectivity index (χ2v) is 8.38. The number of nitrogens with one attached hydrogen (secondary N) is 1. The van der Waals surface area contributed by atoms with Crippen molar-refractivity contribution >= 4 is 6.29 Å². The molecule has 1 unspecified atom stereocenters. The zero-order valence-electron chi connectivity index (χ0n) is 15.8. The minimum absolute atomic E-state index is 0.156. The van der Waals surface area contributed by atoms with Gasteiger partial charge in [-0.2, -0.15) is 0 Å². The molecule has 0 amide bonds. The fraction of sp³-hybridized carbons (Fsp3) is 0.950.